The van der Waals surface area contributed by atoms with Crippen LogP contribution in [0.5, 0.6) is 0 Å². The zero-order chi connectivity index (χ0) is 26.9. The minimum atomic E-state index is -0.550. The van der Waals surface area contributed by atoms with Gasteiger partial charge in [0.25, 0.3) is 0 Å². The van der Waals surface area contributed by atoms with E-state index in [-0.39, 0.29) is 37.0 Å². The number of ether oxygens (including phenoxy) is 1. The quantitative estimate of drug-likeness (QED) is 0.402. The Hall–Kier alpha value is -3.34. The first kappa shape index (κ1) is 27.7. The van der Waals surface area contributed by atoms with E-state index in [2.05, 4.69) is 10.2 Å². The van der Waals surface area contributed by atoms with Gasteiger partial charge in [0.05, 0.1) is 25.4 Å². The highest BCUT2D eigenvalue weighted by molar-refractivity contribution is 7.10. The highest BCUT2D eigenvalue weighted by Gasteiger charge is 2.24. The van der Waals surface area contributed by atoms with Crippen molar-refractivity contribution in [1.82, 2.24) is 14.7 Å². The van der Waals surface area contributed by atoms with Crippen LogP contribution in [0, 0.1) is 18.6 Å². The monoisotopic (exact) mass is 542 g/mol. The van der Waals surface area contributed by atoms with Gasteiger partial charge < -0.3 is 19.9 Å². The Bertz CT molecular complexity index is 1210. The molecule has 1 N–H and O–H groups in total. The largest absolute Gasteiger partial charge is 0.379 e. The molecule has 0 radical (unpaired) electrons. The summed E-state index contributed by atoms with van der Waals surface area (Å²) >= 11 is 1.56. The summed E-state index contributed by atoms with van der Waals surface area (Å²) in [7, 11) is 0. The highest BCUT2D eigenvalue weighted by atomic mass is 32.1. The molecule has 7 nitrogen and oxygen atoms in total. The summed E-state index contributed by atoms with van der Waals surface area (Å²) in [6.07, 6.45) is 0. The van der Waals surface area contributed by atoms with Crippen LogP contribution in [-0.4, -0.2) is 72.6 Å². The minimum absolute atomic E-state index is 0.0544. The molecule has 1 aliphatic rings. The van der Waals surface area contributed by atoms with Crippen molar-refractivity contribution in [3.05, 3.63) is 87.6 Å². The zero-order valence-corrected chi connectivity index (χ0v) is 22.2. The molecule has 1 saturated heterocycles. The Labute approximate surface area is 225 Å². The number of nitrogens with zero attached hydrogens (tertiary/aromatic N) is 3. The van der Waals surface area contributed by atoms with Crippen molar-refractivity contribution >= 4 is 29.0 Å². The lowest BCUT2D eigenvalue weighted by Gasteiger charge is -2.31. The summed E-state index contributed by atoms with van der Waals surface area (Å²) in [4.78, 5) is 33.2. The van der Waals surface area contributed by atoms with Crippen molar-refractivity contribution in [2.45, 2.75) is 20.0 Å². The van der Waals surface area contributed by atoms with Crippen LogP contribution in [0.25, 0.3) is 0 Å². The molecule has 0 atom stereocenters. The van der Waals surface area contributed by atoms with Crippen molar-refractivity contribution in [2.75, 3.05) is 51.3 Å². The molecule has 0 spiro atoms. The molecule has 3 aromatic rings. The summed E-state index contributed by atoms with van der Waals surface area (Å²) in [6.45, 7) is 6.00. The number of aryl methyl sites for hydroxylation is 1. The number of hydrogen-bond donors (Lipinski definition) is 1. The lowest BCUT2D eigenvalue weighted by Crippen LogP contribution is -2.48. The van der Waals surface area contributed by atoms with Gasteiger partial charge in [0.2, 0.25) is 5.91 Å². The minimum Gasteiger partial charge on any atom is -0.379 e. The molecule has 10 heteroatoms. The molecule has 0 saturated carbocycles. The van der Waals surface area contributed by atoms with Gasteiger partial charge in [-0.3, -0.25) is 9.69 Å². The molecule has 0 unspecified atom stereocenters. The van der Waals surface area contributed by atoms with Gasteiger partial charge in [0.1, 0.15) is 18.2 Å². The predicted molar refractivity (Wildman–Crippen MR) is 144 cm³/mol. The summed E-state index contributed by atoms with van der Waals surface area (Å²) in [6, 6.07) is 13.4. The summed E-state index contributed by atoms with van der Waals surface area (Å²) in [5.74, 6) is -1.15. The van der Waals surface area contributed by atoms with E-state index in [9.17, 15) is 18.4 Å². The van der Waals surface area contributed by atoms with Crippen LogP contribution in [0.2, 0.25) is 0 Å². The first-order valence-electron chi connectivity index (χ1n) is 12.5. The number of rotatable bonds is 10. The second-order valence-electron chi connectivity index (χ2n) is 9.19. The number of benzene rings is 2. The van der Waals surface area contributed by atoms with Crippen LogP contribution < -0.4 is 5.32 Å². The first-order chi connectivity index (χ1) is 18.4. The normalized spacial score (nSPS) is 13.8. The Kier molecular flexibility index (Phi) is 9.80. The Morgan fingerprint density at radius 1 is 1.00 bits per heavy atom. The average molecular weight is 543 g/mol. The number of para-hydroxylation sites is 1. The van der Waals surface area contributed by atoms with E-state index >= 15 is 0 Å². The van der Waals surface area contributed by atoms with Gasteiger partial charge in [0.15, 0.2) is 0 Å². The maximum Gasteiger partial charge on any atom is 0.322 e. The van der Waals surface area contributed by atoms with Crippen molar-refractivity contribution in [1.29, 1.82) is 0 Å². The van der Waals surface area contributed by atoms with Crippen LogP contribution in [0.15, 0.2) is 60.0 Å². The lowest BCUT2D eigenvalue weighted by atomic mass is 10.2. The predicted octanol–water partition coefficient (Wildman–Crippen LogP) is 4.73. The fraction of sp³-hybridized carbons (Fsp3) is 0.357. The fourth-order valence-corrected chi connectivity index (χ4v) is 5.06. The number of carbonyl (C=O) groups excluding carboxylic acids is 2. The molecule has 0 aliphatic carbocycles. The second-order valence-corrected chi connectivity index (χ2v) is 10.2. The molecule has 2 aromatic carbocycles. The van der Waals surface area contributed by atoms with Gasteiger partial charge >= 0.3 is 6.03 Å². The fourth-order valence-electron chi connectivity index (χ4n) is 4.14. The Morgan fingerprint density at radius 2 is 1.74 bits per heavy atom. The molecule has 0 bridgehead atoms. The van der Waals surface area contributed by atoms with Crippen molar-refractivity contribution in [2.24, 2.45) is 0 Å². The number of morpholine rings is 1. The summed E-state index contributed by atoms with van der Waals surface area (Å²) in [5, 5.41) is 4.59. The van der Waals surface area contributed by atoms with Gasteiger partial charge in [-0.15, -0.1) is 11.3 Å². The van der Waals surface area contributed by atoms with E-state index < -0.39 is 11.8 Å². The first-order valence-corrected chi connectivity index (χ1v) is 13.4. The third kappa shape index (κ3) is 7.83. The third-order valence-corrected chi connectivity index (χ3v) is 7.47. The summed E-state index contributed by atoms with van der Waals surface area (Å²) in [5.41, 5.74) is 1.91. The molecule has 38 heavy (non-hydrogen) atoms. The summed E-state index contributed by atoms with van der Waals surface area (Å²) < 4.78 is 33.1. The van der Waals surface area contributed by atoms with Crippen LogP contribution in [0.3, 0.4) is 0 Å². The molecule has 202 valence electrons. The van der Waals surface area contributed by atoms with Crippen LogP contribution in [0.1, 0.15) is 16.0 Å². The van der Waals surface area contributed by atoms with Crippen molar-refractivity contribution < 1.29 is 23.1 Å². The molecule has 3 amide bonds. The van der Waals surface area contributed by atoms with E-state index in [1.165, 1.54) is 29.2 Å². The van der Waals surface area contributed by atoms with Gasteiger partial charge in [-0.05, 0) is 53.8 Å². The van der Waals surface area contributed by atoms with E-state index in [0.717, 1.165) is 29.1 Å². The number of amides is 3. The molecular weight excluding hydrogens is 510 g/mol. The Morgan fingerprint density at radius 3 is 2.42 bits per heavy atom. The van der Waals surface area contributed by atoms with Gasteiger partial charge in [-0.1, -0.05) is 24.3 Å². The number of thiophene rings is 1. The highest BCUT2D eigenvalue weighted by Crippen LogP contribution is 2.20. The molecule has 1 aromatic heterocycles. The van der Waals surface area contributed by atoms with Crippen molar-refractivity contribution in [3.8, 4) is 0 Å². The third-order valence-electron chi connectivity index (χ3n) is 6.46. The number of urea groups is 1. The number of nitrogens with one attached hydrogen (secondary N) is 1. The smallest absolute Gasteiger partial charge is 0.322 e. The van der Waals surface area contributed by atoms with Gasteiger partial charge in [-0.2, -0.15) is 0 Å². The topological polar surface area (TPSA) is 65.1 Å². The number of halogens is 2. The molecule has 1 aliphatic heterocycles. The maximum absolute atomic E-state index is 14.2. The average Bonchev–Trinajstić information content (AvgIpc) is 3.33. The molecule has 1 fully saturated rings. The van der Waals surface area contributed by atoms with E-state index in [1.807, 2.05) is 18.4 Å². The molecule has 2 heterocycles. The van der Waals surface area contributed by atoms with E-state index in [0.29, 0.717) is 26.3 Å². The molecule has 4 rings (SSSR count). The van der Waals surface area contributed by atoms with E-state index in [1.54, 1.807) is 40.5 Å². The van der Waals surface area contributed by atoms with Gasteiger partial charge in [0, 0.05) is 37.6 Å². The Balaban J connectivity index is 1.51. The SMILES string of the molecule is Cc1ccsc1CN(Cc1ccc(F)cc1)C(=O)CN(CCN1CCOCC1)C(=O)Nc1ccccc1F. The van der Waals surface area contributed by atoms with Gasteiger partial charge in [-0.25, -0.2) is 13.6 Å². The van der Waals surface area contributed by atoms with Crippen LogP contribution >= 0.6 is 11.3 Å². The van der Waals surface area contributed by atoms with Crippen LogP contribution in [-0.2, 0) is 22.6 Å². The zero-order valence-electron chi connectivity index (χ0n) is 21.4. The van der Waals surface area contributed by atoms with Crippen molar-refractivity contribution in [3.63, 3.8) is 0 Å². The van der Waals surface area contributed by atoms with E-state index in [4.69, 9.17) is 4.74 Å². The van der Waals surface area contributed by atoms with Crippen LogP contribution in [0.4, 0.5) is 19.3 Å². The standard InChI is InChI=1S/C28H32F2N4O3S/c1-21-10-17-38-26(21)19-34(18-22-6-8-23(29)9-7-22)27(35)20-33(12-11-32-13-15-37-16-14-32)28(36)31-25-5-3-2-4-24(25)30/h2-10,17H,11-16,18-20H2,1H3,(H,31,36). The number of anilines is 1. The maximum atomic E-state index is 14.2. The number of carbonyl (C=O) groups is 2. The number of hydrogen-bond acceptors (Lipinski definition) is 5. The molecular formula is C28H32F2N4O3S. The lowest BCUT2D eigenvalue weighted by molar-refractivity contribution is -0.133. The second kappa shape index (κ2) is 13.5.